The summed E-state index contributed by atoms with van der Waals surface area (Å²) in [6, 6.07) is 0. The minimum absolute atomic E-state index is 0.0845. The maximum absolute atomic E-state index is 12.7. The SMILES string of the molecule is Cc1noc(C)c1CC(=O)N1CCC(C(=O)N2CCCCCC2)CC1. The molecule has 0 aromatic carbocycles. The van der Waals surface area contributed by atoms with Gasteiger partial charge >= 0.3 is 0 Å². The van der Waals surface area contributed by atoms with Gasteiger partial charge in [0.25, 0.3) is 0 Å². The summed E-state index contributed by atoms with van der Waals surface area (Å²) < 4.78 is 5.14. The van der Waals surface area contributed by atoms with Crippen molar-refractivity contribution in [2.24, 2.45) is 5.92 Å². The third-order valence-electron chi connectivity index (χ3n) is 5.62. The van der Waals surface area contributed by atoms with Crippen LogP contribution >= 0.6 is 0 Å². The molecule has 6 nitrogen and oxygen atoms in total. The van der Waals surface area contributed by atoms with E-state index >= 15 is 0 Å². The highest BCUT2D eigenvalue weighted by Crippen LogP contribution is 2.23. The van der Waals surface area contributed by atoms with E-state index in [0.717, 1.165) is 55.8 Å². The molecule has 0 N–H and O–H groups in total. The highest BCUT2D eigenvalue weighted by Gasteiger charge is 2.30. The molecular formula is C19H29N3O3. The molecule has 0 bridgehead atoms. The van der Waals surface area contributed by atoms with Crippen molar-refractivity contribution < 1.29 is 14.1 Å². The van der Waals surface area contributed by atoms with Crippen LogP contribution in [-0.2, 0) is 16.0 Å². The molecule has 0 aliphatic carbocycles. The molecule has 0 spiro atoms. The Hall–Kier alpha value is -1.85. The minimum Gasteiger partial charge on any atom is -0.361 e. The number of rotatable bonds is 3. The summed E-state index contributed by atoms with van der Waals surface area (Å²) in [5, 5.41) is 3.91. The van der Waals surface area contributed by atoms with Crippen LogP contribution in [0.4, 0.5) is 0 Å². The van der Waals surface area contributed by atoms with Gasteiger partial charge in [0.2, 0.25) is 11.8 Å². The van der Waals surface area contributed by atoms with E-state index in [1.54, 1.807) is 0 Å². The van der Waals surface area contributed by atoms with Gasteiger partial charge in [-0.2, -0.15) is 0 Å². The lowest BCUT2D eigenvalue weighted by Crippen LogP contribution is -2.45. The first kappa shape index (κ1) is 18.0. The van der Waals surface area contributed by atoms with Crippen LogP contribution in [0.3, 0.4) is 0 Å². The van der Waals surface area contributed by atoms with Crippen LogP contribution in [0.25, 0.3) is 0 Å². The van der Waals surface area contributed by atoms with Crippen molar-refractivity contribution in [1.82, 2.24) is 15.0 Å². The Balaban J connectivity index is 1.51. The van der Waals surface area contributed by atoms with Gasteiger partial charge in [-0.05, 0) is 39.5 Å². The maximum atomic E-state index is 12.7. The van der Waals surface area contributed by atoms with Crippen molar-refractivity contribution in [1.29, 1.82) is 0 Å². The van der Waals surface area contributed by atoms with Crippen LogP contribution in [0.5, 0.6) is 0 Å². The fourth-order valence-corrected chi connectivity index (χ4v) is 3.94. The average molecular weight is 347 g/mol. The van der Waals surface area contributed by atoms with Crippen LogP contribution in [0.15, 0.2) is 4.52 Å². The van der Waals surface area contributed by atoms with E-state index in [1.807, 2.05) is 18.7 Å². The van der Waals surface area contributed by atoms with Crippen LogP contribution in [0.2, 0.25) is 0 Å². The lowest BCUT2D eigenvalue weighted by atomic mass is 9.94. The van der Waals surface area contributed by atoms with Crippen molar-refractivity contribution >= 4 is 11.8 Å². The number of carbonyl (C=O) groups excluding carboxylic acids is 2. The van der Waals surface area contributed by atoms with E-state index in [0.29, 0.717) is 25.4 Å². The van der Waals surface area contributed by atoms with Gasteiger partial charge in [0.15, 0.2) is 0 Å². The van der Waals surface area contributed by atoms with Gasteiger partial charge in [-0.15, -0.1) is 0 Å². The molecule has 2 aliphatic rings. The molecule has 0 unspecified atom stereocenters. The third-order valence-corrected chi connectivity index (χ3v) is 5.62. The molecule has 25 heavy (non-hydrogen) atoms. The second-order valence-electron chi connectivity index (χ2n) is 7.37. The lowest BCUT2D eigenvalue weighted by Gasteiger charge is -2.34. The molecule has 0 radical (unpaired) electrons. The van der Waals surface area contributed by atoms with Crippen LogP contribution in [0, 0.1) is 19.8 Å². The third kappa shape index (κ3) is 4.22. The van der Waals surface area contributed by atoms with E-state index in [1.165, 1.54) is 12.8 Å². The highest BCUT2D eigenvalue weighted by atomic mass is 16.5. The molecule has 2 amide bonds. The molecule has 3 rings (SSSR count). The summed E-state index contributed by atoms with van der Waals surface area (Å²) in [4.78, 5) is 29.2. The van der Waals surface area contributed by atoms with Crippen molar-refractivity contribution in [2.45, 2.75) is 58.8 Å². The Morgan fingerprint density at radius 1 is 1.00 bits per heavy atom. The molecule has 2 aliphatic heterocycles. The van der Waals surface area contributed by atoms with E-state index < -0.39 is 0 Å². The number of nitrogens with zero attached hydrogens (tertiary/aromatic N) is 3. The Bertz CT molecular complexity index is 590. The van der Waals surface area contributed by atoms with Crippen molar-refractivity contribution in [3.63, 3.8) is 0 Å². The Kier molecular flexibility index (Phi) is 5.76. The number of likely N-dealkylation sites (tertiary alicyclic amines) is 2. The number of aromatic nitrogens is 1. The highest BCUT2D eigenvalue weighted by molar-refractivity contribution is 5.81. The predicted octanol–water partition coefficient (Wildman–Crippen LogP) is 2.48. The number of piperidine rings is 1. The first-order valence-electron chi connectivity index (χ1n) is 9.54. The summed E-state index contributed by atoms with van der Waals surface area (Å²) in [7, 11) is 0. The number of hydrogen-bond acceptors (Lipinski definition) is 4. The smallest absolute Gasteiger partial charge is 0.227 e. The van der Waals surface area contributed by atoms with E-state index in [4.69, 9.17) is 4.52 Å². The van der Waals surface area contributed by atoms with Gasteiger partial charge in [-0.1, -0.05) is 18.0 Å². The summed E-state index contributed by atoms with van der Waals surface area (Å²) in [6.45, 7) is 6.87. The van der Waals surface area contributed by atoms with E-state index in [2.05, 4.69) is 10.1 Å². The molecule has 0 atom stereocenters. The molecule has 138 valence electrons. The summed E-state index contributed by atoms with van der Waals surface area (Å²) in [6.07, 6.45) is 6.62. The normalized spacial score (nSPS) is 19.8. The minimum atomic E-state index is 0.0845. The van der Waals surface area contributed by atoms with Crippen molar-refractivity contribution in [2.75, 3.05) is 26.2 Å². The van der Waals surface area contributed by atoms with E-state index in [-0.39, 0.29) is 11.8 Å². The first-order chi connectivity index (χ1) is 12.1. The molecule has 1 aromatic heterocycles. The molecule has 6 heteroatoms. The zero-order valence-electron chi connectivity index (χ0n) is 15.4. The van der Waals surface area contributed by atoms with Gasteiger partial charge < -0.3 is 14.3 Å². The summed E-state index contributed by atoms with van der Waals surface area (Å²) in [5.41, 5.74) is 1.69. The molecular weight excluding hydrogens is 318 g/mol. The Morgan fingerprint density at radius 2 is 1.64 bits per heavy atom. The predicted molar refractivity (Wildman–Crippen MR) is 94.0 cm³/mol. The largest absolute Gasteiger partial charge is 0.361 e. The van der Waals surface area contributed by atoms with Crippen LogP contribution in [-0.4, -0.2) is 52.9 Å². The topological polar surface area (TPSA) is 66.7 Å². The quantitative estimate of drug-likeness (QED) is 0.842. The molecule has 2 fully saturated rings. The molecule has 2 saturated heterocycles. The maximum Gasteiger partial charge on any atom is 0.227 e. The standard InChI is InChI=1S/C19H29N3O3/c1-14-17(15(2)25-20-14)13-18(23)21-11-7-16(8-12-21)19(24)22-9-5-3-4-6-10-22/h16H,3-13H2,1-2H3. The molecule has 3 heterocycles. The van der Waals surface area contributed by atoms with Crippen molar-refractivity contribution in [3.05, 3.63) is 17.0 Å². The zero-order valence-corrected chi connectivity index (χ0v) is 15.4. The zero-order chi connectivity index (χ0) is 17.8. The summed E-state index contributed by atoms with van der Waals surface area (Å²) >= 11 is 0. The van der Waals surface area contributed by atoms with Crippen LogP contribution in [0.1, 0.15) is 55.5 Å². The number of amides is 2. The van der Waals surface area contributed by atoms with E-state index in [9.17, 15) is 9.59 Å². The average Bonchev–Trinajstić information content (AvgIpc) is 2.85. The first-order valence-corrected chi connectivity index (χ1v) is 9.54. The number of aryl methyl sites for hydroxylation is 2. The second-order valence-corrected chi connectivity index (χ2v) is 7.37. The van der Waals surface area contributed by atoms with Gasteiger partial charge in [0, 0.05) is 37.7 Å². The van der Waals surface area contributed by atoms with Crippen molar-refractivity contribution in [3.8, 4) is 0 Å². The number of carbonyl (C=O) groups is 2. The Labute approximate surface area is 149 Å². The van der Waals surface area contributed by atoms with Gasteiger partial charge in [-0.3, -0.25) is 9.59 Å². The number of hydrogen-bond donors (Lipinski definition) is 0. The fourth-order valence-electron chi connectivity index (χ4n) is 3.94. The molecule has 1 aromatic rings. The molecule has 0 saturated carbocycles. The Morgan fingerprint density at radius 3 is 2.20 bits per heavy atom. The van der Waals surface area contributed by atoms with Gasteiger partial charge in [-0.25, -0.2) is 0 Å². The van der Waals surface area contributed by atoms with Gasteiger partial charge in [0.1, 0.15) is 5.76 Å². The lowest BCUT2D eigenvalue weighted by molar-refractivity contribution is -0.140. The monoisotopic (exact) mass is 347 g/mol. The van der Waals surface area contributed by atoms with Crippen LogP contribution < -0.4 is 0 Å². The fraction of sp³-hybridized carbons (Fsp3) is 0.737. The summed E-state index contributed by atoms with van der Waals surface area (Å²) in [5.74, 6) is 1.22. The second kappa shape index (κ2) is 8.02. The van der Waals surface area contributed by atoms with Gasteiger partial charge in [0.05, 0.1) is 12.1 Å².